The van der Waals surface area contributed by atoms with Crippen molar-refractivity contribution in [3.05, 3.63) is 28.8 Å². The van der Waals surface area contributed by atoms with Crippen molar-refractivity contribution in [2.45, 2.75) is 13.3 Å². The van der Waals surface area contributed by atoms with Gasteiger partial charge in [0.25, 0.3) is 0 Å². The van der Waals surface area contributed by atoms with E-state index in [0.717, 1.165) is 6.42 Å². The molecule has 0 aliphatic heterocycles. The molecule has 0 bridgehead atoms. The summed E-state index contributed by atoms with van der Waals surface area (Å²) >= 11 is 5.89. The van der Waals surface area contributed by atoms with Crippen LogP contribution >= 0.6 is 11.6 Å². The minimum atomic E-state index is -0.295. The minimum Gasteiger partial charge on any atom is -0.395 e. The molecule has 0 heterocycles. The summed E-state index contributed by atoms with van der Waals surface area (Å²) in [5.41, 5.74) is 0.883. The number of urea groups is 1. The fraction of sp³-hybridized carbons (Fsp3) is 0.385. The molecule has 0 fully saturated rings. The second kappa shape index (κ2) is 7.62. The van der Waals surface area contributed by atoms with Crippen LogP contribution in [0.25, 0.3) is 0 Å². The van der Waals surface area contributed by atoms with Gasteiger partial charge in [0.2, 0.25) is 0 Å². The Morgan fingerprint density at radius 2 is 2.26 bits per heavy atom. The monoisotopic (exact) mass is 281 g/mol. The number of carbonyl (C=O) groups excluding carboxylic acids is 1. The largest absolute Gasteiger partial charge is 0.395 e. The minimum absolute atomic E-state index is 0.0818. The number of nitrogens with one attached hydrogen (secondary N) is 1. The maximum Gasteiger partial charge on any atom is 0.321 e. The number of halogens is 1. The number of hydrogen-bond acceptors (Lipinski definition) is 3. The average molecular weight is 282 g/mol. The van der Waals surface area contributed by atoms with Crippen molar-refractivity contribution in [3.8, 4) is 6.07 Å². The SMILES string of the molecule is CCCN(CCO)C(=O)Nc1ccc(C#N)c(Cl)c1. The fourth-order valence-corrected chi connectivity index (χ4v) is 1.81. The zero-order valence-electron chi connectivity index (χ0n) is 10.7. The molecule has 0 saturated carbocycles. The van der Waals surface area contributed by atoms with E-state index in [1.807, 2.05) is 13.0 Å². The third kappa shape index (κ3) is 4.43. The van der Waals surface area contributed by atoms with E-state index in [2.05, 4.69) is 5.32 Å². The van der Waals surface area contributed by atoms with Crippen LogP contribution in [0.3, 0.4) is 0 Å². The molecule has 6 heteroatoms. The first-order valence-corrected chi connectivity index (χ1v) is 6.36. The van der Waals surface area contributed by atoms with Gasteiger partial charge < -0.3 is 15.3 Å². The molecule has 1 aromatic carbocycles. The van der Waals surface area contributed by atoms with E-state index >= 15 is 0 Å². The van der Waals surface area contributed by atoms with Crippen LogP contribution in [0.5, 0.6) is 0 Å². The quantitative estimate of drug-likeness (QED) is 0.870. The molecule has 0 aromatic heterocycles. The van der Waals surface area contributed by atoms with Crippen molar-refractivity contribution in [2.24, 2.45) is 0 Å². The van der Waals surface area contributed by atoms with Crippen LogP contribution in [-0.2, 0) is 0 Å². The first kappa shape index (κ1) is 15.3. The average Bonchev–Trinajstić information content (AvgIpc) is 2.38. The second-order valence-corrected chi connectivity index (χ2v) is 4.35. The maximum absolute atomic E-state index is 12.0. The summed E-state index contributed by atoms with van der Waals surface area (Å²) in [6, 6.07) is 6.35. The van der Waals surface area contributed by atoms with E-state index in [1.165, 1.54) is 11.0 Å². The zero-order chi connectivity index (χ0) is 14.3. The van der Waals surface area contributed by atoms with Gasteiger partial charge in [0, 0.05) is 18.8 Å². The van der Waals surface area contributed by atoms with Crippen LogP contribution in [0.2, 0.25) is 5.02 Å². The lowest BCUT2D eigenvalue weighted by atomic mass is 10.2. The molecule has 1 rings (SSSR count). The summed E-state index contributed by atoms with van der Waals surface area (Å²) in [5.74, 6) is 0. The molecule has 2 amide bonds. The number of benzene rings is 1. The van der Waals surface area contributed by atoms with Crippen molar-refractivity contribution in [1.82, 2.24) is 4.90 Å². The molecule has 19 heavy (non-hydrogen) atoms. The summed E-state index contributed by atoms with van der Waals surface area (Å²) in [6.07, 6.45) is 0.807. The normalized spacial score (nSPS) is 9.79. The third-order valence-corrected chi connectivity index (χ3v) is 2.80. The maximum atomic E-state index is 12.0. The number of nitriles is 1. The molecule has 0 atom stereocenters. The molecule has 102 valence electrons. The van der Waals surface area contributed by atoms with E-state index in [9.17, 15) is 4.79 Å². The highest BCUT2D eigenvalue weighted by molar-refractivity contribution is 6.32. The lowest BCUT2D eigenvalue weighted by Crippen LogP contribution is -2.37. The zero-order valence-corrected chi connectivity index (χ0v) is 11.4. The van der Waals surface area contributed by atoms with Crippen LogP contribution in [0.1, 0.15) is 18.9 Å². The molecule has 0 aliphatic rings. The van der Waals surface area contributed by atoms with Gasteiger partial charge in [-0.1, -0.05) is 18.5 Å². The van der Waals surface area contributed by atoms with Gasteiger partial charge in [0.1, 0.15) is 6.07 Å². The predicted octanol–water partition coefficient (Wildman–Crippen LogP) is 2.45. The molecule has 0 aliphatic carbocycles. The molecule has 0 radical (unpaired) electrons. The van der Waals surface area contributed by atoms with Gasteiger partial charge in [-0.2, -0.15) is 5.26 Å². The molecule has 5 nitrogen and oxygen atoms in total. The standard InChI is InChI=1S/C13H16ClN3O2/c1-2-5-17(6-7-18)13(19)16-11-4-3-10(9-15)12(14)8-11/h3-4,8,18H,2,5-7H2,1H3,(H,16,19). The van der Waals surface area contributed by atoms with Crippen LogP contribution in [0.4, 0.5) is 10.5 Å². The highest BCUT2D eigenvalue weighted by Gasteiger charge is 2.12. The van der Waals surface area contributed by atoms with Crippen LogP contribution < -0.4 is 5.32 Å². The lowest BCUT2D eigenvalue weighted by molar-refractivity contribution is 0.188. The van der Waals surface area contributed by atoms with Crippen molar-refractivity contribution in [2.75, 3.05) is 25.0 Å². The first-order chi connectivity index (χ1) is 9.12. The van der Waals surface area contributed by atoms with E-state index < -0.39 is 0 Å². The van der Waals surface area contributed by atoms with Gasteiger partial charge >= 0.3 is 6.03 Å². The number of aliphatic hydroxyl groups excluding tert-OH is 1. The molecule has 0 saturated heterocycles. The Labute approximate surface area is 117 Å². The Morgan fingerprint density at radius 1 is 1.53 bits per heavy atom. The van der Waals surface area contributed by atoms with Gasteiger partial charge in [0.05, 0.1) is 17.2 Å². The van der Waals surface area contributed by atoms with E-state index in [-0.39, 0.29) is 19.2 Å². The second-order valence-electron chi connectivity index (χ2n) is 3.95. The van der Waals surface area contributed by atoms with Crippen molar-refractivity contribution < 1.29 is 9.90 Å². The first-order valence-electron chi connectivity index (χ1n) is 5.98. The van der Waals surface area contributed by atoms with Crippen molar-refractivity contribution in [3.63, 3.8) is 0 Å². The summed E-state index contributed by atoms with van der Waals surface area (Å²) in [5, 5.41) is 20.7. The Balaban J connectivity index is 2.75. The van der Waals surface area contributed by atoms with E-state index in [4.69, 9.17) is 22.0 Å². The number of nitrogens with zero attached hydrogens (tertiary/aromatic N) is 2. The molecule has 0 unspecified atom stereocenters. The van der Waals surface area contributed by atoms with Crippen LogP contribution in [0.15, 0.2) is 18.2 Å². The lowest BCUT2D eigenvalue weighted by Gasteiger charge is -2.21. The highest BCUT2D eigenvalue weighted by atomic mass is 35.5. The van der Waals surface area contributed by atoms with Crippen molar-refractivity contribution in [1.29, 1.82) is 5.26 Å². The Bertz CT molecular complexity index is 479. The summed E-state index contributed by atoms with van der Waals surface area (Å²) in [6.45, 7) is 2.72. The number of hydrogen-bond donors (Lipinski definition) is 2. The number of aliphatic hydroxyl groups is 1. The van der Waals surface area contributed by atoms with Gasteiger partial charge in [-0.15, -0.1) is 0 Å². The summed E-state index contributed by atoms with van der Waals surface area (Å²) in [4.78, 5) is 13.5. The Kier molecular flexibility index (Phi) is 6.13. The molecule has 0 spiro atoms. The van der Waals surface area contributed by atoms with Gasteiger partial charge in [-0.25, -0.2) is 4.79 Å². The molecule has 1 aromatic rings. The molecule has 2 N–H and O–H groups in total. The number of rotatable bonds is 5. The molecular weight excluding hydrogens is 266 g/mol. The van der Waals surface area contributed by atoms with Crippen LogP contribution in [0, 0.1) is 11.3 Å². The third-order valence-electron chi connectivity index (χ3n) is 2.49. The highest BCUT2D eigenvalue weighted by Crippen LogP contribution is 2.20. The number of carbonyl (C=O) groups is 1. The van der Waals surface area contributed by atoms with Gasteiger partial charge in [0.15, 0.2) is 0 Å². The number of amides is 2. The Hall–Kier alpha value is -1.77. The van der Waals surface area contributed by atoms with E-state index in [0.29, 0.717) is 22.8 Å². The van der Waals surface area contributed by atoms with E-state index in [1.54, 1.807) is 12.1 Å². The molecular formula is C13H16ClN3O2. The summed E-state index contributed by atoms with van der Waals surface area (Å²) in [7, 11) is 0. The smallest absolute Gasteiger partial charge is 0.321 e. The summed E-state index contributed by atoms with van der Waals surface area (Å²) < 4.78 is 0. The topological polar surface area (TPSA) is 76.4 Å². The predicted molar refractivity (Wildman–Crippen MR) is 74.1 cm³/mol. The van der Waals surface area contributed by atoms with Gasteiger partial charge in [-0.3, -0.25) is 0 Å². The van der Waals surface area contributed by atoms with Crippen molar-refractivity contribution >= 4 is 23.3 Å². The van der Waals surface area contributed by atoms with Crippen LogP contribution in [-0.4, -0.2) is 35.7 Å². The Morgan fingerprint density at radius 3 is 2.79 bits per heavy atom. The van der Waals surface area contributed by atoms with Gasteiger partial charge in [-0.05, 0) is 24.6 Å². The fourth-order valence-electron chi connectivity index (χ4n) is 1.59. The number of anilines is 1.